The van der Waals surface area contributed by atoms with E-state index in [9.17, 15) is 4.79 Å². The Kier molecular flexibility index (Phi) is 8.94. The third-order valence-corrected chi connectivity index (χ3v) is 4.33. The van der Waals surface area contributed by atoms with Gasteiger partial charge in [0, 0.05) is 45.3 Å². The second-order valence-electron chi connectivity index (χ2n) is 6.28. The van der Waals surface area contributed by atoms with Crippen molar-refractivity contribution in [3.63, 3.8) is 0 Å². The molecular weight excluding hydrogens is 376 g/mol. The molecule has 3 rings (SSSR count). The van der Waals surface area contributed by atoms with Gasteiger partial charge >= 0.3 is 0 Å². The summed E-state index contributed by atoms with van der Waals surface area (Å²) in [6, 6.07) is 18.2. The van der Waals surface area contributed by atoms with E-state index in [1.165, 1.54) is 0 Å². The molecule has 150 valence electrons. The Bertz CT molecular complexity index is 867. The number of ether oxygens (including phenoxy) is 1. The molecule has 0 aliphatic carbocycles. The zero-order valence-corrected chi connectivity index (χ0v) is 16.9. The molecule has 0 unspecified atom stereocenters. The van der Waals surface area contributed by atoms with Gasteiger partial charge in [0.25, 0.3) is 0 Å². The first-order chi connectivity index (χ1) is 13.3. The Balaban J connectivity index is 0.00000280. The number of hydrogen-bond donors (Lipinski definition) is 2. The van der Waals surface area contributed by atoms with Crippen molar-refractivity contribution in [3.8, 4) is 5.69 Å². The van der Waals surface area contributed by atoms with Gasteiger partial charge in [0.05, 0.1) is 17.6 Å². The topological polar surface area (TPSA) is 68.2 Å². The molecule has 1 heterocycles. The molecule has 1 amide bonds. The second kappa shape index (κ2) is 11.4. The lowest BCUT2D eigenvalue weighted by Gasteiger charge is -2.10. The van der Waals surface area contributed by atoms with Crippen molar-refractivity contribution in [1.82, 2.24) is 20.2 Å². The monoisotopic (exact) mass is 402 g/mol. The van der Waals surface area contributed by atoms with Crippen molar-refractivity contribution in [2.45, 2.75) is 12.8 Å². The van der Waals surface area contributed by atoms with Gasteiger partial charge in [-0.1, -0.05) is 30.3 Å². The number of imidazole rings is 1. The van der Waals surface area contributed by atoms with Crippen molar-refractivity contribution in [2.24, 2.45) is 0 Å². The number of aryl methyl sites for hydroxylation is 1. The molecule has 0 aliphatic heterocycles. The van der Waals surface area contributed by atoms with E-state index < -0.39 is 0 Å². The van der Waals surface area contributed by atoms with E-state index in [4.69, 9.17) is 9.72 Å². The number of carbonyl (C=O) groups excluding carboxylic acids is 1. The van der Waals surface area contributed by atoms with Gasteiger partial charge < -0.3 is 15.4 Å². The fraction of sp³-hybridized carbons (Fsp3) is 0.333. The summed E-state index contributed by atoms with van der Waals surface area (Å²) in [6.45, 7) is 2.80. The second-order valence-corrected chi connectivity index (χ2v) is 6.28. The van der Waals surface area contributed by atoms with Crippen LogP contribution in [0.1, 0.15) is 12.2 Å². The summed E-state index contributed by atoms with van der Waals surface area (Å²) in [6.07, 6.45) is 1.00. The third kappa shape index (κ3) is 5.79. The molecule has 0 radical (unpaired) electrons. The summed E-state index contributed by atoms with van der Waals surface area (Å²) in [5.41, 5.74) is 3.06. The van der Waals surface area contributed by atoms with Crippen LogP contribution in [0, 0.1) is 0 Å². The summed E-state index contributed by atoms with van der Waals surface area (Å²) in [7, 11) is 1.67. The Morgan fingerprint density at radius 3 is 2.57 bits per heavy atom. The first-order valence-electron chi connectivity index (χ1n) is 9.27. The standard InChI is InChI=1S/C21H26N4O2.ClH/c1-27-16-15-22-13-14-23-21(26)12-11-20-24-18-9-5-6-10-19(18)25(20)17-7-3-2-4-8-17;/h2-10,22H,11-16H2,1H3,(H,23,26);1H. The van der Waals surface area contributed by atoms with Gasteiger partial charge in [0.2, 0.25) is 5.91 Å². The van der Waals surface area contributed by atoms with E-state index in [0.717, 1.165) is 35.6 Å². The van der Waals surface area contributed by atoms with E-state index in [1.807, 2.05) is 36.4 Å². The highest BCUT2D eigenvalue weighted by molar-refractivity contribution is 5.85. The number of benzene rings is 2. The fourth-order valence-corrected chi connectivity index (χ4v) is 3.01. The number of aromatic nitrogens is 2. The van der Waals surface area contributed by atoms with E-state index >= 15 is 0 Å². The minimum absolute atomic E-state index is 0. The molecule has 0 saturated heterocycles. The lowest BCUT2D eigenvalue weighted by Crippen LogP contribution is -2.33. The van der Waals surface area contributed by atoms with Gasteiger partial charge in [-0.2, -0.15) is 0 Å². The first kappa shape index (κ1) is 21.9. The smallest absolute Gasteiger partial charge is 0.220 e. The summed E-state index contributed by atoms with van der Waals surface area (Å²) < 4.78 is 7.10. The summed E-state index contributed by atoms with van der Waals surface area (Å²) in [5, 5.41) is 6.15. The number of halogens is 1. The lowest BCUT2D eigenvalue weighted by molar-refractivity contribution is -0.121. The van der Waals surface area contributed by atoms with E-state index in [1.54, 1.807) is 7.11 Å². The van der Waals surface area contributed by atoms with Crippen molar-refractivity contribution in [2.75, 3.05) is 33.4 Å². The minimum atomic E-state index is 0. The highest BCUT2D eigenvalue weighted by Crippen LogP contribution is 2.22. The van der Waals surface area contributed by atoms with Crippen LogP contribution in [0.5, 0.6) is 0 Å². The number of amides is 1. The van der Waals surface area contributed by atoms with Gasteiger partial charge in [0.1, 0.15) is 5.82 Å². The maximum atomic E-state index is 12.2. The predicted octanol–water partition coefficient (Wildman–Crippen LogP) is 2.73. The van der Waals surface area contributed by atoms with Crippen molar-refractivity contribution in [1.29, 1.82) is 0 Å². The van der Waals surface area contributed by atoms with E-state index in [2.05, 4.69) is 33.4 Å². The maximum Gasteiger partial charge on any atom is 0.220 e. The van der Waals surface area contributed by atoms with Crippen molar-refractivity contribution >= 4 is 29.3 Å². The molecule has 0 saturated carbocycles. The number of fused-ring (bicyclic) bond motifs is 1. The van der Waals surface area contributed by atoms with Gasteiger partial charge in [-0.25, -0.2) is 4.98 Å². The minimum Gasteiger partial charge on any atom is -0.383 e. The SMILES string of the molecule is COCCNCCNC(=O)CCc1nc2ccccc2n1-c1ccccc1.Cl. The largest absolute Gasteiger partial charge is 0.383 e. The van der Waals surface area contributed by atoms with Crippen LogP contribution in [0.15, 0.2) is 54.6 Å². The number of hydrogen-bond acceptors (Lipinski definition) is 4. The fourth-order valence-electron chi connectivity index (χ4n) is 3.01. The number of nitrogens with one attached hydrogen (secondary N) is 2. The van der Waals surface area contributed by atoms with Gasteiger partial charge in [-0.3, -0.25) is 9.36 Å². The average Bonchev–Trinajstić information content (AvgIpc) is 3.08. The molecule has 2 N–H and O–H groups in total. The molecule has 1 aromatic heterocycles. The molecule has 6 nitrogen and oxygen atoms in total. The Morgan fingerprint density at radius 1 is 1.04 bits per heavy atom. The highest BCUT2D eigenvalue weighted by Gasteiger charge is 2.13. The highest BCUT2D eigenvalue weighted by atomic mass is 35.5. The summed E-state index contributed by atoms with van der Waals surface area (Å²) >= 11 is 0. The number of methoxy groups -OCH3 is 1. The molecule has 0 aliphatic rings. The molecule has 0 atom stereocenters. The van der Waals surface area contributed by atoms with Gasteiger partial charge in [-0.15, -0.1) is 12.4 Å². The van der Waals surface area contributed by atoms with Crippen LogP contribution in [0.4, 0.5) is 0 Å². The van der Waals surface area contributed by atoms with Crippen LogP contribution in [0.2, 0.25) is 0 Å². The first-order valence-corrected chi connectivity index (χ1v) is 9.27. The molecule has 0 bridgehead atoms. The zero-order chi connectivity index (χ0) is 18.9. The van der Waals surface area contributed by atoms with E-state index in [-0.39, 0.29) is 18.3 Å². The Labute approximate surface area is 171 Å². The molecular formula is C21H27ClN4O2. The van der Waals surface area contributed by atoms with Crippen LogP contribution in [0.25, 0.3) is 16.7 Å². The molecule has 7 heteroatoms. The van der Waals surface area contributed by atoms with Crippen molar-refractivity contribution in [3.05, 3.63) is 60.4 Å². The molecule has 0 fully saturated rings. The zero-order valence-electron chi connectivity index (χ0n) is 16.1. The van der Waals surface area contributed by atoms with Crippen LogP contribution in [0.3, 0.4) is 0 Å². The number of carbonyl (C=O) groups is 1. The maximum absolute atomic E-state index is 12.2. The Hall–Kier alpha value is -2.41. The van der Waals surface area contributed by atoms with Gasteiger partial charge in [0.15, 0.2) is 0 Å². The number of para-hydroxylation sites is 3. The van der Waals surface area contributed by atoms with Gasteiger partial charge in [-0.05, 0) is 24.3 Å². The van der Waals surface area contributed by atoms with Crippen LogP contribution < -0.4 is 10.6 Å². The number of nitrogens with zero attached hydrogens (tertiary/aromatic N) is 2. The lowest BCUT2D eigenvalue weighted by atomic mass is 10.2. The molecule has 3 aromatic rings. The van der Waals surface area contributed by atoms with E-state index in [0.29, 0.717) is 26.0 Å². The van der Waals surface area contributed by atoms with Crippen LogP contribution >= 0.6 is 12.4 Å². The molecule has 2 aromatic carbocycles. The summed E-state index contributed by atoms with van der Waals surface area (Å²) in [5.74, 6) is 0.936. The molecule has 0 spiro atoms. The van der Waals surface area contributed by atoms with Crippen molar-refractivity contribution < 1.29 is 9.53 Å². The molecule has 28 heavy (non-hydrogen) atoms. The summed E-state index contributed by atoms with van der Waals surface area (Å²) in [4.78, 5) is 16.9. The Morgan fingerprint density at radius 2 is 1.79 bits per heavy atom. The average molecular weight is 403 g/mol. The van der Waals surface area contributed by atoms with Crippen LogP contribution in [-0.4, -0.2) is 48.8 Å². The third-order valence-electron chi connectivity index (χ3n) is 4.33. The quantitative estimate of drug-likeness (QED) is 0.512. The predicted molar refractivity (Wildman–Crippen MR) is 114 cm³/mol. The normalized spacial score (nSPS) is 10.6. The number of rotatable bonds is 10. The van der Waals surface area contributed by atoms with Crippen LogP contribution in [-0.2, 0) is 16.0 Å².